The average Bonchev–Trinajstić information content (AvgIpc) is 1.85. The molecule has 0 amide bonds. The Kier molecular flexibility index (Phi) is 1.54. The van der Waals surface area contributed by atoms with E-state index in [0.717, 1.165) is 24.4 Å². The third-order valence-corrected chi connectivity index (χ3v) is 3.47. The van der Waals surface area contributed by atoms with E-state index in [0.29, 0.717) is 0 Å². The van der Waals surface area contributed by atoms with Crippen LogP contribution in [0.1, 0.15) is 33.6 Å². The molecule has 3 aliphatic rings. The van der Waals surface area contributed by atoms with Gasteiger partial charge in [-0.2, -0.15) is 0 Å². The van der Waals surface area contributed by atoms with Gasteiger partial charge in [-0.25, -0.2) is 0 Å². The minimum atomic E-state index is 0.288. The summed E-state index contributed by atoms with van der Waals surface area (Å²) in [7, 11) is 0. The van der Waals surface area contributed by atoms with Crippen molar-refractivity contribution in [2.75, 3.05) is 6.61 Å². The zero-order valence-corrected chi connectivity index (χ0v) is 7.76. The van der Waals surface area contributed by atoms with Crippen molar-refractivity contribution in [2.24, 2.45) is 17.8 Å². The lowest BCUT2D eigenvalue weighted by Gasteiger charge is -2.55. The SMILES string of the molecule is CC(C)C1COC2(C)CC1C2. The molecule has 1 aliphatic carbocycles. The van der Waals surface area contributed by atoms with E-state index in [4.69, 9.17) is 4.74 Å². The standard InChI is InChI=1S/C10H18O/c1-7(2)9-6-11-10(3)4-8(9)5-10/h7-9H,4-6H2,1-3H3. The second-order valence-electron chi connectivity index (χ2n) is 4.84. The number of fused-ring (bicyclic) bond motifs is 2. The molecule has 1 heteroatoms. The molecule has 2 heterocycles. The highest BCUT2D eigenvalue weighted by molar-refractivity contribution is 4.99. The van der Waals surface area contributed by atoms with Crippen molar-refractivity contribution in [3.05, 3.63) is 0 Å². The molecule has 3 rings (SSSR count). The summed E-state index contributed by atoms with van der Waals surface area (Å²) in [6, 6.07) is 0. The molecule has 2 aliphatic heterocycles. The van der Waals surface area contributed by atoms with E-state index in [9.17, 15) is 0 Å². The third-order valence-electron chi connectivity index (χ3n) is 3.47. The Hall–Kier alpha value is -0.0400. The summed E-state index contributed by atoms with van der Waals surface area (Å²) in [5.74, 6) is 2.63. The minimum Gasteiger partial charge on any atom is -0.375 e. The smallest absolute Gasteiger partial charge is 0.0660 e. The first-order chi connectivity index (χ1) is 5.11. The average molecular weight is 154 g/mol. The van der Waals surface area contributed by atoms with Gasteiger partial charge in [0, 0.05) is 0 Å². The van der Waals surface area contributed by atoms with Crippen molar-refractivity contribution in [1.29, 1.82) is 0 Å². The van der Waals surface area contributed by atoms with Crippen LogP contribution in [0.3, 0.4) is 0 Å². The normalized spacial score (nSPS) is 49.1. The monoisotopic (exact) mass is 154 g/mol. The van der Waals surface area contributed by atoms with Crippen LogP contribution >= 0.6 is 0 Å². The lowest BCUT2D eigenvalue weighted by molar-refractivity contribution is -0.204. The van der Waals surface area contributed by atoms with Gasteiger partial charge >= 0.3 is 0 Å². The van der Waals surface area contributed by atoms with Crippen molar-refractivity contribution < 1.29 is 4.74 Å². The molecule has 0 aromatic carbocycles. The maximum absolute atomic E-state index is 5.81. The van der Waals surface area contributed by atoms with E-state index in [1.165, 1.54) is 12.8 Å². The second-order valence-corrected chi connectivity index (χ2v) is 4.84. The Labute approximate surface area is 69.1 Å². The molecule has 1 unspecified atom stereocenters. The van der Waals surface area contributed by atoms with Gasteiger partial charge in [-0.1, -0.05) is 13.8 Å². The van der Waals surface area contributed by atoms with Crippen molar-refractivity contribution >= 4 is 0 Å². The molecule has 0 radical (unpaired) electrons. The van der Waals surface area contributed by atoms with E-state index in [1.807, 2.05) is 0 Å². The quantitative estimate of drug-likeness (QED) is 0.563. The van der Waals surface area contributed by atoms with E-state index in [2.05, 4.69) is 20.8 Å². The molecule has 64 valence electrons. The van der Waals surface area contributed by atoms with Gasteiger partial charge in [-0.05, 0) is 37.5 Å². The predicted octanol–water partition coefficient (Wildman–Crippen LogP) is 2.46. The van der Waals surface area contributed by atoms with E-state index >= 15 is 0 Å². The van der Waals surface area contributed by atoms with Gasteiger partial charge < -0.3 is 4.74 Å². The molecule has 1 saturated carbocycles. The van der Waals surface area contributed by atoms with Crippen molar-refractivity contribution in [1.82, 2.24) is 0 Å². The van der Waals surface area contributed by atoms with Gasteiger partial charge in [-0.3, -0.25) is 0 Å². The lowest BCUT2D eigenvalue weighted by Crippen LogP contribution is -2.54. The molecule has 0 aromatic heterocycles. The molecular formula is C10H18O. The molecule has 2 bridgehead atoms. The maximum Gasteiger partial charge on any atom is 0.0660 e. The summed E-state index contributed by atoms with van der Waals surface area (Å²) in [6.45, 7) is 7.89. The molecule has 1 nitrogen and oxygen atoms in total. The fourth-order valence-electron chi connectivity index (χ4n) is 2.64. The van der Waals surface area contributed by atoms with Crippen LogP contribution in [0, 0.1) is 17.8 Å². The summed E-state index contributed by atoms with van der Waals surface area (Å²) < 4.78 is 5.81. The van der Waals surface area contributed by atoms with E-state index in [-0.39, 0.29) is 5.60 Å². The summed E-state index contributed by atoms with van der Waals surface area (Å²) in [5, 5.41) is 0. The number of hydrogen-bond donors (Lipinski definition) is 0. The fourth-order valence-corrected chi connectivity index (χ4v) is 2.64. The molecule has 2 saturated heterocycles. The zero-order valence-electron chi connectivity index (χ0n) is 7.76. The molecule has 3 fully saturated rings. The highest BCUT2D eigenvalue weighted by Crippen LogP contribution is 2.51. The Morgan fingerprint density at radius 3 is 2.36 bits per heavy atom. The Balaban J connectivity index is 1.99. The number of rotatable bonds is 1. The minimum absolute atomic E-state index is 0.288. The van der Waals surface area contributed by atoms with E-state index in [1.54, 1.807) is 0 Å². The Morgan fingerprint density at radius 1 is 1.36 bits per heavy atom. The first-order valence-corrected chi connectivity index (χ1v) is 4.75. The topological polar surface area (TPSA) is 9.23 Å². The van der Waals surface area contributed by atoms with Gasteiger partial charge in [0.15, 0.2) is 0 Å². The van der Waals surface area contributed by atoms with Crippen LogP contribution in [-0.2, 0) is 4.74 Å². The van der Waals surface area contributed by atoms with Crippen LogP contribution in [0.4, 0.5) is 0 Å². The van der Waals surface area contributed by atoms with Crippen molar-refractivity contribution in [3.8, 4) is 0 Å². The highest BCUT2D eigenvalue weighted by Gasteiger charge is 2.49. The first-order valence-electron chi connectivity index (χ1n) is 4.75. The molecule has 11 heavy (non-hydrogen) atoms. The van der Waals surface area contributed by atoms with Crippen LogP contribution in [-0.4, -0.2) is 12.2 Å². The van der Waals surface area contributed by atoms with Crippen molar-refractivity contribution in [2.45, 2.75) is 39.2 Å². The molecule has 1 atom stereocenters. The van der Waals surface area contributed by atoms with Gasteiger partial charge in [0.2, 0.25) is 0 Å². The zero-order chi connectivity index (χ0) is 8.06. The predicted molar refractivity (Wildman–Crippen MR) is 45.4 cm³/mol. The van der Waals surface area contributed by atoms with Crippen LogP contribution < -0.4 is 0 Å². The fraction of sp³-hybridized carbons (Fsp3) is 1.00. The van der Waals surface area contributed by atoms with Crippen LogP contribution in [0.2, 0.25) is 0 Å². The summed E-state index contributed by atoms with van der Waals surface area (Å²) in [5.41, 5.74) is 0.288. The molecular weight excluding hydrogens is 136 g/mol. The van der Waals surface area contributed by atoms with Crippen LogP contribution in [0.5, 0.6) is 0 Å². The highest BCUT2D eigenvalue weighted by atomic mass is 16.5. The summed E-state index contributed by atoms with van der Waals surface area (Å²) >= 11 is 0. The largest absolute Gasteiger partial charge is 0.375 e. The van der Waals surface area contributed by atoms with Gasteiger partial charge in [0.1, 0.15) is 0 Å². The van der Waals surface area contributed by atoms with Gasteiger partial charge in [0.05, 0.1) is 12.2 Å². The number of hydrogen-bond acceptors (Lipinski definition) is 1. The summed E-state index contributed by atoms with van der Waals surface area (Å²) in [6.07, 6.45) is 2.63. The second kappa shape index (κ2) is 2.22. The molecule has 0 N–H and O–H groups in total. The maximum atomic E-state index is 5.81. The number of ether oxygens (including phenoxy) is 1. The van der Waals surface area contributed by atoms with E-state index < -0.39 is 0 Å². The Bertz CT molecular complexity index is 151. The van der Waals surface area contributed by atoms with Crippen molar-refractivity contribution in [3.63, 3.8) is 0 Å². The lowest BCUT2D eigenvalue weighted by atomic mass is 9.61. The van der Waals surface area contributed by atoms with Crippen LogP contribution in [0.25, 0.3) is 0 Å². The Morgan fingerprint density at radius 2 is 2.00 bits per heavy atom. The third kappa shape index (κ3) is 1.10. The van der Waals surface area contributed by atoms with Gasteiger partial charge in [0.25, 0.3) is 0 Å². The molecule has 0 spiro atoms. The van der Waals surface area contributed by atoms with Crippen LogP contribution in [0.15, 0.2) is 0 Å². The first kappa shape index (κ1) is 7.60. The molecule has 0 aromatic rings. The van der Waals surface area contributed by atoms with Gasteiger partial charge in [-0.15, -0.1) is 0 Å². The summed E-state index contributed by atoms with van der Waals surface area (Å²) in [4.78, 5) is 0.